The van der Waals surface area contributed by atoms with Crippen molar-refractivity contribution < 1.29 is 0 Å². The predicted octanol–water partition coefficient (Wildman–Crippen LogP) is 1.69. The molecule has 78 valence electrons. The largest absolute Gasteiger partial charge is 0.384 e. The fourth-order valence-corrected chi connectivity index (χ4v) is 1.93. The average Bonchev–Trinajstić information content (AvgIpc) is 2.64. The first-order valence-corrected chi connectivity index (χ1v) is 5.55. The molecule has 2 aromatic heterocycles. The van der Waals surface area contributed by atoms with Gasteiger partial charge in [0.15, 0.2) is 0 Å². The van der Waals surface area contributed by atoms with Crippen LogP contribution in [0.4, 0.5) is 5.82 Å². The van der Waals surface area contributed by atoms with Crippen molar-refractivity contribution in [3.8, 4) is 0 Å². The molecule has 0 aliphatic heterocycles. The number of nitrogens with zero attached hydrogens (tertiary/aromatic N) is 3. The Hall–Kier alpha value is -1.49. The van der Waals surface area contributed by atoms with Gasteiger partial charge in [0.05, 0.1) is 5.69 Å². The quantitative estimate of drug-likeness (QED) is 0.800. The Kier molecular flexibility index (Phi) is 2.91. The second kappa shape index (κ2) is 4.35. The van der Waals surface area contributed by atoms with Gasteiger partial charge < -0.3 is 5.73 Å². The van der Waals surface area contributed by atoms with Gasteiger partial charge >= 0.3 is 0 Å². The molecule has 0 amide bonds. The average molecular weight is 220 g/mol. The first-order valence-electron chi connectivity index (χ1n) is 4.57. The van der Waals surface area contributed by atoms with Gasteiger partial charge in [-0.25, -0.2) is 4.98 Å². The smallest absolute Gasteiger partial charge is 0.123 e. The molecule has 2 heterocycles. The number of pyridine rings is 1. The van der Waals surface area contributed by atoms with E-state index in [2.05, 4.69) is 10.1 Å². The molecule has 0 aliphatic rings. The van der Waals surface area contributed by atoms with Crippen molar-refractivity contribution in [1.29, 1.82) is 0 Å². The molecule has 0 aliphatic carbocycles. The second-order valence-corrected chi connectivity index (χ2v) is 4.24. The Bertz CT molecular complexity index is 435. The van der Waals surface area contributed by atoms with Gasteiger partial charge in [0.2, 0.25) is 0 Å². The maximum absolute atomic E-state index is 5.50. The number of hydrogen-bond acceptors (Lipinski definition) is 4. The molecule has 2 rings (SSSR count). The van der Waals surface area contributed by atoms with Gasteiger partial charge in [-0.15, -0.1) is 11.8 Å². The van der Waals surface area contributed by atoms with Crippen molar-refractivity contribution in [1.82, 2.24) is 14.8 Å². The number of aromatic nitrogens is 3. The number of anilines is 1. The van der Waals surface area contributed by atoms with Crippen LogP contribution >= 0.6 is 11.8 Å². The minimum atomic E-state index is 0.553. The molecule has 5 heteroatoms. The summed E-state index contributed by atoms with van der Waals surface area (Å²) in [6.07, 6.45) is 3.72. The number of nitrogens with two attached hydrogens (primary N) is 1. The van der Waals surface area contributed by atoms with Crippen LogP contribution in [-0.2, 0) is 12.8 Å². The molecule has 0 aromatic carbocycles. The molecule has 2 N–H and O–H groups in total. The number of hydrogen-bond donors (Lipinski definition) is 1. The standard InChI is InChI=1S/C10H12N4S/c1-14-5-4-8(13-14)7-15-9-2-3-10(11)12-6-9/h2-6H,7H2,1H3,(H2,11,12). The summed E-state index contributed by atoms with van der Waals surface area (Å²) in [5.74, 6) is 1.41. The fraction of sp³-hybridized carbons (Fsp3) is 0.200. The lowest BCUT2D eigenvalue weighted by atomic mass is 10.5. The van der Waals surface area contributed by atoms with E-state index in [-0.39, 0.29) is 0 Å². The van der Waals surface area contributed by atoms with Crippen LogP contribution < -0.4 is 5.73 Å². The van der Waals surface area contributed by atoms with Crippen molar-refractivity contribution >= 4 is 17.6 Å². The van der Waals surface area contributed by atoms with Crippen molar-refractivity contribution in [3.63, 3.8) is 0 Å². The van der Waals surface area contributed by atoms with Gasteiger partial charge in [-0.1, -0.05) is 0 Å². The summed E-state index contributed by atoms with van der Waals surface area (Å²) >= 11 is 1.70. The third-order valence-corrected chi connectivity index (χ3v) is 2.93. The minimum absolute atomic E-state index is 0.553. The van der Waals surface area contributed by atoms with Crippen molar-refractivity contribution in [3.05, 3.63) is 36.3 Å². The highest BCUT2D eigenvalue weighted by Crippen LogP contribution is 2.21. The van der Waals surface area contributed by atoms with Crippen molar-refractivity contribution in [2.24, 2.45) is 7.05 Å². The maximum atomic E-state index is 5.50. The highest BCUT2D eigenvalue weighted by atomic mass is 32.2. The van der Waals surface area contributed by atoms with E-state index in [4.69, 9.17) is 5.73 Å². The first kappa shape index (κ1) is 10.0. The maximum Gasteiger partial charge on any atom is 0.123 e. The molecule has 0 saturated heterocycles. The van der Waals surface area contributed by atoms with E-state index in [1.54, 1.807) is 28.7 Å². The number of rotatable bonds is 3. The van der Waals surface area contributed by atoms with E-state index in [9.17, 15) is 0 Å². The molecule has 0 fully saturated rings. The summed E-state index contributed by atoms with van der Waals surface area (Å²) in [5, 5.41) is 4.29. The topological polar surface area (TPSA) is 56.7 Å². The number of thioether (sulfide) groups is 1. The third-order valence-electron chi connectivity index (χ3n) is 1.91. The van der Waals surface area contributed by atoms with Crippen LogP contribution in [0.15, 0.2) is 35.5 Å². The molecular weight excluding hydrogens is 208 g/mol. The zero-order valence-electron chi connectivity index (χ0n) is 8.42. The van der Waals surface area contributed by atoms with Gasteiger partial charge in [0.25, 0.3) is 0 Å². The monoisotopic (exact) mass is 220 g/mol. The molecule has 4 nitrogen and oxygen atoms in total. The molecule has 0 radical (unpaired) electrons. The summed E-state index contributed by atoms with van der Waals surface area (Å²) in [7, 11) is 1.92. The Morgan fingerprint density at radius 2 is 2.27 bits per heavy atom. The number of nitrogen functional groups attached to an aromatic ring is 1. The van der Waals surface area contributed by atoms with Crippen LogP contribution in [0.25, 0.3) is 0 Å². The molecule has 0 unspecified atom stereocenters. The van der Waals surface area contributed by atoms with Gasteiger partial charge in [-0.05, 0) is 18.2 Å². The second-order valence-electron chi connectivity index (χ2n) is 3.19. The molecule has 0 spiro atoms. The first-order chi connectivity index (χ1) is 7.24. The summed E-state index contributed by atoms with van der Waals surface area (Å²) < 4.78 is 1.80. The zero-order valence-corrected chi connectivity index (χ0v) is 9.24. The van der Waals surface area contributed by atoms with E-state index < -0.39 is 0 Å². The highest BCUT2D eigenvalue weighted by Gasteiger charge is 1.99. The SMILES string of the molecule is Cn1ccc(CSc2ccc(N)nc2)n1. The van der Waals surface area contributed by atoms with Gasteiger partial charge in [0, 0.05) is 30.1 Å². The van der Waals surface area contributed by atoms with E-state index in [0.29, 0.717) is 5.82 Å². The Balaban J connectivity index is 1.96. The van der Waals surface area contributed by atoms with Gasteiger partial charge in [-0.2, -0.15) is 5.10 Å². The van der Waals surface area contributed by atoms with Crippen LogP contribution in [-0.4, -0.2) is 14.8 Å². The third kappa shape index (κ3) is 2.73. The van der Waals surface area contributed by atoms with Crippen LogP contribution in [0.5, 0.6) is 0 Å². The van der Waals surface area contributed by atoms with E-state index in [0.717, 1.165) is 16.3 Å². The van der Waals surface area contributed by atoms with Crippen LogP contribution in [0.3, 0.4) is 0 Å². The predicted molar refractivity (Wildman–Crippen MR) is 61.4 cm³/mol. The minimum Gasteiger partial charge on any atom is -0.384 e. The van der Waals surface area contributed by atoms with Crippen molar-refractivity contribution in [2.75, 3.05) is 5.73 Å². The molecule has 0 atom stereocenters. The summed E-state index contributed by atoms with van der Waals surface area (Å²) in [5.41, 5.74) is 6.57. The summed E-state index contributed by atoms with van der Waals surface area (Å²) in [4.78, 5) is 5.13. The lowest BCUT2D eigenvalue weighted by Crippen LogP contribution is -1.90. The fourth-order valence-electron chi connectivity index (χ4n) is 1.17. The summed E-state index contributed by atoms with van der Waals surface area (Å²) in [6, 6.07) is 5.79. The zero-order chi connectivity index (χ0) is 10.7. The van der Waals surface area contributed by atoms with E-state index >= 15 is 0 Å². The highest BCUT2D eigenvalue weighted by molar-refractivity contribution is 7.98. The summed E-state index contributed by atoms with van der Waals surface area (Å²) in [6.45, 7) is 0. The van der Waals surface area contributed by atoms with Crippen molar-refractivity contribution in [2.45, 2.75) is 10.6 Å². The van der Waals surface area contributed by atoms with E-state index in [1.165, 1.54) is 0 Å². The number of aryl methyl sites for hydroxylation is 1. The lowest BCUT2D eigenvalue weighted by Gasteiger charge is -1.98. The lowest BCUT2D eigenvalue weighted by molar-refractivity contribution is 0.755. The van der Waals surface area contributed by atoms with Crippen LogP contribution in [0, 0.1) is 0 Å². The Labute approximate surface area is 92.5 Å². The molecule has 0 bridgehead atoms. The molecule has 2 aromatic rings. The Morgan fingerprint density at radius 3 is 2.87 bits per heavy atom. The van der Waals surface area contributed by atoms with Gasteiger partial charge in [0.1, 0.15) is 5.82 Å². The van der Waals surface area contributed by atoms with Crippen LogP contribution in [0.1, 0.15) is 5.69 Å². The molecule has 15 heavy (non-hydrogen) atoms. The van der Waals surface area contributed by atoms with Gasteiger partial charge in [-0.3, -0.25) is 4.68 Å². The molecular formula is C10H12N4S. The normalized spacial score (nSPS) is 10.5. The van der Waals surface area contributed by atoms with E-state index in [1.807, 2.05) is 25.4 Å². The Morgan fingerprint density at radius 1 is 1.40 bits per heavy atom. The molecule has 0 saturated carbocycles. The van der Waals surface area contributed by atoms with Crippen LogP contribution in [0.2, 0.25) is 0 Å².